The van der Waals surface area contributed by atoms with Crippen molar-refractivity contribution < 1.29 is 17.6 Å². The van der Waals surface area contributed by atoms with Crippen LogP contribution in [-0.4, -0.2) is 38.4 Å². The van der Waals surface area contributed by atoms with Crippen molar-refractivity contribution in [1.82, 2.24) is 9.62 Å². The molecule has 0 radical (unpaired) electrons. The normalized spacial score (nSPS) is 16.0. The van der Waals surface area contributed by atoms with Gasteiger partial charge in [0.15, 0.2) is 0 Å². The number of aryl methyl sites for hydroxylation is 1. The fourth-order valence-corrected chi connectivity index (χ4v) is 5.32. The molecule has 1 aromatic carbocycles. The SMILES string of the molecule is O=C(CCc1ccc(F)cc1)N1CCC(NS(=O)(=O)c2cccs2)CC1. The predicted octanol–water partition coefficient (Wildman–Crippen LogP) is 2.79. The lowest BCUT2D eigenvalue weighted by molar-refractivity contribution is -0.132. The quantitative estimate of drug-likeness (QED) is 0.817. The van der Waals surface area contributed by atoms with Crippen LogP contribution in [0.15, 0.2) is 46.0 Å². The highest BCUT2D eigenvalue weighted by atomic mass is 32.2. The number of rotatable bonds is 6. The molecule has 8 heteroatoms. The molecule has 140 valence electrons. The maximum Gasteiger partial charge on any atom is 0.250 e. The van der Waals surface area contributed by atoms with Gasteiger partial charge in [-0.05, 0) is 48.4 Å². The first-order chi connectivity index (χ1) is 12.4. The molecule has 0 atom stereocenters. The van der Waals surface area contributed by atoms with Crippen LogP contribution in [-0.2, 0) is 21.2 Å². The molecule has 1 N–H and O–H groups in total. The monoisotopic (exact) mass is 396 g/mol. The van der Waals surface area contributed by atoms with Gasteiger partial charge in [-0.25, -0.2) is 17.5 Å². The molecular formula is C18H21FN2O3S2. The number of halogens is 1. The summed E-state index contributed by atoms with van der Waals surface area (Å²) in [7, 11) is -3.47. The van der Waals surface area contributed by atoms with Gasteiger partial charge in [0.25, 0.3) is 0 Å². The molecule has 0 bridgehead atoms. The summed E-state index contributed by atoms with van der Waals surface area (Å²) in [4.78, 5) is 14.1. The van der Waals surface area contributed by atoms with E-state index < -0.39 is 10.0 Å². The van der Waals surface area contributed by atoms with Gasteiger partial charge in [-0.3, -0.25) is 4.79 Å². The van der Waals surface area contributed by atoms with E-state index in [-0.39, 0.29) is 17.8 Å². The van der Waals surface area contributed by atoms with Crippen LogP contribution < -0.4 is 4.72 Å². The smallest absolute Gasteiger partial charge is 0.250 e. The van der Waals surface area contributed by atoms with Crippen LogP contribution in [0, 0.1) is 5.82 Å². The zero-order chi connectivity index (χ0) is 18.6. The van der Waals surface area contributed by atoms with Gasteiger partial charge in [-0.15, -0.1) is 11.3 Å². The molecule has 2 heterocycles. The van der Waals surface area contributed by atoms with Crippen molar-refractivity contribution in [2.24, 2.45) is 0 Å². The molecular weight excluding hydrogens is 375 g/mol. The average Bonchev–Trinajstić information content (AvgIpc) is 3.17. The summed E-state index contributed by atoms with van der Waals surface area (Å²) < 4.78 is 40.4. The van der Waals surface area contributed by atoms with Gasteiger partial charge >= 0.3 is 0 Å². The number of hydrogen-bond acceptors (Lipinski definition) is 4. The Hall–Kier alpha value is -1.77. The molecule has 1 amide bonds. The lowest BCUT2D eigenvalue weighted by Crippen LogP contribution is -2.46. The van der Waals surface area contributed by atoms with Crippen molar-refractivity contribution >= 4 is 27.3 Å². The van der Waals surface area contributed by atoms with Gasteiger partial charge in [0.05, 0.1) is 0 Å². The van der Waals surface area contributed by atoms with E-state index in [0.717, 1.165) is 5.56 Å². The number of carbonyl (C=O) groups is 1. The van der Waals surface area contributed by atoms with E-state index in [1.807, 2.05) is 0 Å². The molecule has 5 nitrogen and oxygen atoms in total. The summed E-state index contributed by atoms with van der Waals surface area (Å²) in [5.41, 5.74) is 0.929. The van der Waals surface area contributed by atoms with E-state index in [9.17, 15) is 17.6 Å². The average molecular weight is 397 g/mol. The highest BCUT2D eigenvalue weighted by Crippen LogP contribution is 2.19. The zero-order valence-electron chi connectivity index (χ0n) is 14.2. The van der Waals surface area contributed by atoms with Crippen molar-refractivity contribution in [3.8, 4) is 0 Å². The fourth-order valence-electron chi connectivity index (χ4n) is 3.00. The second kappa shape index (κ2) is 8.28. The lowest BCUT2D eigenvalue weighted by atomic mass is 10.0. The van der Waals surface area contributed by atoms with E-state index in [1.165, 1.54) is 23.5 Å². The van der Waals surface area contributed by atoms with Crippen LogP contribution in [0.4, 0.5) is 4.39 Å². The molecule has 26 heavy (non-hydrogen) atoms. The van der Waals surface area contributed by atoms with E-state index in [0.29, 0.717) is 43.0 Å². The molecule has 1 fully saturated rings. The number of carbonyl (C=O) groups excluding carboxylic acids is 1. The van der Waals surface area contributed by atoms with E-state index in [4.69, 9.17) is 0 Å². The van der Waals surface area contributed by atoms with Gasteiger partial charge in [-0.2, -0.15) is 0 Å². The molecule has 1 aliphatic heterocycles. The summed E-state index contributed by atoms with van der Waals surface area (Å²) in [6.07, 6.45) is 2.15. The first-order valence-electron chi connectivity index (χ1n) is 8.52. The van der Waals surface area contributed by atoms with E-state index >= 15 is 0 Å². The number of benzene rings is 1. The minimum atomic E-state index is -3.47. The Morgan fingerprint density at radius 1 is 1.19 bits per heavy atom. The first-order valence-corrected chi connectivity index (χ1v) is 10.9. The molecule has 0 saturated carbocycles. The van der Waals surface area contributed by atoms with Crippen molar-refractivity contribution in [2.75, 3.05) is 13.1 Å². The molecule has 0 aliphatic carbocycles. The van der Waals surface area contributed by atoms with Crippen molar-refractivity contribution in [3.63, 3.8) is 0 Å². The molecule has 3 rings (SSSR count). The summed E-state index contributed by atoms with van der Waals surface area (Å²) in [5.74, 6) is -0.235. The number of amides is 1. The second-order valence-electron chi connectivity index (χ2n) is 6.33. The summed E-state index contributed by atoms with van der Waals surface area (Å²) in [5, 5.41) is 1.73. The number of nitrogens with zero attached hydrogens (tertiary/aromatic N) is 1. The number of piperidine rings is 1. The Bertz CT molecular complexity index is 828. The van der Waals surface area contributed by atoms with Crippen molar-refractivity contribution in [3.05, 3.63) is 53.2 Å². The molecule has 0 unspecified atom stereocenters. The maximum absolute atomic E-state index is 12.9. The van der Waals surface area contributed by atoms with E-state index in [2.05, 4.69) is 4.72 Å². The van der Waals surface area contributed by atoms with Crippen LogP contribution in [0.5, 0.6) is 0 Å². The third kappa shape index (κ3) is 4.90. The topological polar surface area (TPSA) is 66.5 Å². The van der Waals surface area contributed by atoms with Gasteiger partial charge in [-0.1, -0.05) is 18.2 Å². The molecule has 1 saturated heterocycles. The lowest BCUT2D eigenvalue weighted by Gasteiger charge is -2.32. The van der Waals surface area contributed by atoms with Crippen LogP contribution in [0.1, 0.15) is 24.8 Å². The van der Waals surface area contributed by atoms with Gasteiger partial charge in [0.1, 0.15) is 10.0 Å². The first kappa shape index (κ1) is 19.0. The highest BCUT2D eigenvalue weighted by Gasteiger charge is 2.26. The number of sulfonamides is 1. The highest BCUT2D eigenvalue weighted by molar-refractivity contribution is 7.91. The van der Waals surface area contributed by atoms with Crippen LogP contribution in [0.3, 0.4) is 0 Å². The Labute approximate surface area is 156 Å². The molecule has 0 spiro atoms. The fraction of sp³-hybridized carbons (Fsp3) is 0.389. The Balaban J connectivity index is 1.45. The largest absolute Gasteiger partial charge is 0.343 e. The minimum absolute atomic E-state index is 0.0499. The third-order valence-electron chi connectivity index (χ3n) is 4.47. The summed E-state index contributed by atoms with van der Waals surface area (Å²) in [6.45, 7) is 1.08. The second-order valence-corrected chi connectivity index (χ2v) is 9.22. The Morgan fingerprint density at radius 3 is 2.50 bits per heavy atom. The Kier molecular flexibility index (Phi) is 6.05. The number of hydrogen-bond donors (Lipinski definition) is 1. The predicted molar refractivity (Wildman–Crippen MR) is 99.0 cm³/mol. The Morgan fingerprint density at radius 2 is 1.88 bits per heavy atom. The third-order valence-corrected chi connectivity index (χ3v) is 7.39. The van der Waals surface area contributed by atoms with Gasteiger partial charge in [0, 0.05) is 25.6 Å². The van der Waals surface area contributed by atoms with Crippen molar-refractivity contribution in [1.29, 1.82) is 0 Å². The van der Waals surface area contributed by atoms with Crippen LogP contribution >= 0.6 is 11.3 Å². The van der Waals surface area contributed by atoms with Crippen LogP contribution in [0.2, 0.25) is 0 Å². The van der Waals surface area contributed by atoms with E-state index in [1.54, 1.807) is 34.5 Å². The number of likely N-dealkylation sites (tertiary alicyclic amines) is 1. The standard InChI is InChI=1S/C18H21FN2O3S2/c19-15-6-3-14(4-7-15)5-8-17(22)21-11-9-16(10-12-21)20-26(23,24)18-2-1-13-25-18/h1-4,6-7,13,16,20H,5,8-12H2. The number of nitrogens with one attached hydrogen (secondary N) is 1. The molecule has 2 aromatic rings. The van der Waals surface area contributed by atoms with Crippen molar-refractivity contribution in [2.45, 2.75) is 35.9 Å². The maximum atomic E-state index is 12.9. The van der Waals surface area contributed by atoms with Gasteiger partial charge in [0.2, 0.25) is 15.9 Å². The minimum Gasteiger partial charge on any atom is -0.343 e. The zero-order valence-corrected chi connectivity index (χ0v) is 15.9. The van der Waals surface area contributed by atoms with Gasteiger partial charge < -0.3 is 4.90 Å². The molecule has 1 aliphatic rings. The van der Waals surface area contributed by atoms with Crippen LogP contribution in [0.25, 0.3) is 0 Å². The summed E-state index contributed by atoms with van der Waals surface area (Å²) in [6, 6.07) is 9.31. The summed E-state index contributed by atoms with van der Waals surface area (Å²) >= 11 is 1.19. The number of thiophene rings is 1. The molecule has 1 aromatic heterocycles.